The van der Waals surface area contributed by atoms with Gasteiger partial charge in [-0.25, -0.2) is 14.1 Å². The third-order valence-electron chi connectivity index (χ3n) is 4.95. The highest BCUT2D eigenvalue weighted by Gasteiger charge is 2.42. The Bertz CT molecular complexity index is 1000. The molecule has 1 aromatic carbocycles. The molecule has 0 fully saturated rings. The first-order valence-corrected chi connectivity index (χ1v) is 12.0. The van der Waals surface area contributed by atoms with Crippen LogP contribution in [-0.4, -0.2) is 45.1 Å². The van der Waals surface area contributed by atoms with Crippen LogP contribution in [0.5, 0.6) is 0 Å². The summed E-state index contributed by atoms with van der Waals surface area (Å²) in [5.41, 5.74) is 1.24. The molecule has 0 bridgehead atoms. The van der Waals surface area contributed by atoms with Crippen LogP contribution in [-0.2, 0) is 18.4 Å². The van der Waals surface area contributed by atoms with Gasteiger partial charge in [0.15, 0.2) is 5.82 Å². The van der Waals surface area contributed by atoms with Gasteiger partial charge in [0.05, 0.1) is 35.6 Å². The van der Waals surface area contributed by atoms with Crippen LogP contribution in [0.4, 0.5) is 10.2 Å². The van der Waals surface area contributed by atoms with Crippen LogP contribution in [0, 0.1) is 24.1 Å². The van der Waals surface area contributed by atoms with E-state index in [2.05, 4.69) is 29.7 Å². The number of aryl methyl sites for hydroxylation is 2. The molecule has 9 heteroatoms. The Morgan fingerprint density at radius 1 is 1.29 bits per heavy atom. The second kappa shape index (κ2) is 8.12. The molecular weight excluding hydrogens is 394 g/mol. The zero-order chi connectivity index (χ0) is 20.5. The number of aliphatic imine (C=N–C) groups is 1. The van der Waals surface area contributed by atoms with Crippen LogP contribution in [0.15, 0.2) is 29.3 Å². The Morgan fingerprint density at radius 2 is 1.96 bits per heavy atom. The fraction of sp³-hybridized carbons (Fsp3) is 0.421. The van der Waals surface area contributed by atoms with E-state index in [0.29, 0.717) is 30.2 Å². The van der Waals surface area contributed by atoms with E-state index in [1.165, 1.54) is 6.07 Å². The van der Waals surface area contributed by atoms with Crippen molar-refractivity contribution in [2.24, 2.45) is 4.99 Å². The highest BCUT2D eigenvalue weighted by molar-refractivity contribution is 8.16. The molecule has 0 amide bonds. The highest BCUT2D eigenvalue weighted by atomic mass is 32.4. The number of hydrogen-bond donors (Lipinski definition) is 0. The van der Waals surface area contributed by atoms with E-state index < -0.39 is 6.34 Å². The third-order valence-corrected chi connectivity index (χ3v) is 10.4. The number of fused-ring (bicyclic) bond motifs is 1. The SMILES string of the molecule is CCN(CC)[P@]1(=S)c2c(C)nn(CCC#N)c2N=C(c2ccccc2F)N1C. The minimum absolute atomic E-state index is 0.322. The van der Waals surface area contributed by atoms with Crippen LogP contribution in [0.2, 0.25) is 0 Å². The highest BCUT2D eigenvalue weighted by Crippen LogP contribution is 2.57. The largest absolute Gasteiger partial charge is 0.316 e. The summed E-state index contributed by atoms with van der Waals surface area (Å²) in [5, 5.41) is 14.6. The number of nitriles is 1. The third kappa shape index (κ3) is 3.18. The van der Waals surface area contributed by atoms with Crippen molar-refractivity contribution in [3.8, 4) is 6.07 Å². The Morgan fingerprint density at radius 3 is 2.57 bits per heavy atom. The van der Waals surface area contributed by atoms with Gasteiger partial charge < -0.3 is 4.67 Å². The lowest BCUT2D eigenvalue weighted by Crippen LogP contribution is -2.41. The lowest BCUT2D eigenvalue weighted by atomic mass is 10.2. The molecule has 1 atom stereocenters. The second-order valence-corrected chi connectivity index (χ2v) is 10.7. The van der Waals surface area contributed by atoms with Gasteiger partial charge in [-0.1, -0.05) is 37.8 Å². The summed E-state index contributed by atoms with van der Waals surface area (Å²) in [6, 6.07) is 8.76. The molecule has 2 heterocycles. The Labute approximate surface area is 170 Å². The summed E-state index contributed by atoms with van der Waals surface area (Å²) in [4.78, 5) is 4.81. The fourth-order valence-electron chi connectivity index (χ4n) is 3.59. The number of benzene rings is 1. The van der Waals surface area contributed by atoms with E-state index in [9.17, 15) is 4.39 Å². The van der Waals surface area contributed by atoms with Crippen molar-refractivity contribution >= 4 is 35.1 Å². The number of halogens is 1. The first-order valence-electron chi connectivity index (χ1n) is 9.28. The average Bonchev–Trinajstić information content (AvgIpc) is 3.00. The summed E-state index contributed by atoms with van der Waals surface area (Å²) < 4.78 is 20.6. The van der Waals surface area contributed by atoms with Crippen LogP contribution < -0.4 is 5.30 Å². The summed E-state index contributed by atoms with van der Waals surface area (Å²) in [6.07, 6.45) is -2.14. The molecule has 148 valence electrons. The summed E-state index contributed by atoms with van der Waals surface area (Å²) in [6.45, 7) is 8.06. The van der Waals surface area contributed by atoms with E-state index in [0.717, 1.165) is 24.1 Å². The molecule has 1 aromatic heterocycles. The molecule has 0 spiro atoms. The van der Waals surface area contributed by atoms with Crippen molar-refractivity contribution in [3.05, 3.63) is 41.3 Å². The van der Waals surface area contributed by atoms with Crippen molar-refractivity contribution in [1.82, 2.24) is 19.1 Å². The lowest BCUT2D eigenvalue weighted by molar-refractivity contribution is 0.486. The molecule has 0 radical (unpaired) electrons. The Balaban J connectivity index is 2.32. The van der Waals surface area contributed by atoms with Gasteiger partial charge in [-0.15, -0.1) is 0 Å². The standard InChI is InChI=1S/C19H24FN6PS/c1-5-25(6-2)27(28)17-14(3)23-26(13-9-12-21)19(17)22-18(24(27)4)15-10-7-8-11-16(15)20/h7-8,10-11H,5-6,9,13H2,1-4H3/t27-/m0/s1. The van der Waals surface area contributed by atoms with Crippen molar-refractivity contribution in [3.63, 3.8) is 0 Å². The van der Waals surface area contributed by atoms with Gasteiger partial charge in [0.1, 0.15) is 18.0 Å². The van der Waals surface area contributed by atoms with Crippen LogP contribution in [0.3, 0.4) is 0 Å². The van der Waals surface area contributed by atoms with Crippen molar-refractivity contribution in [2.75, 3.05) is 20.1 Å². The predicted octanol–water partition coefficient (Wildman–Crippen LogP) is 3.54. The van der Waals surface area contributed by atoms with Gasteiger partial charge in [0.25, 0.3) is 0 Å². The van der Waals surface area contributed by atoms with E-state index in [1.54, 1.807) is 22.9 Å². The first kappa shape index (κ1) is 20.7. The van der Waals surface area contributed by atoms with Crippen molar-refractivity contribution in [2.45, 2.75) is 33.7 Å². The van der Waals surface area contributed by atoms with Crippen LogP contribution >= 0.6 is 6.34 Å². The molecule has 3 rings (SSSR count). The normalized spacial score (nSPS) is 18.8. The van der Waals surface area contributed by atoms with Crippen molar-refractivity contribution in [1.29, 1.82) is 5.26 Å². The van der Waals surface area contributed by atoms with E-state index >= 15 is 0 Å². The summed E-state index contributed by atoms with van der Waals surface area (Å²) in [7, 11) is 1.90. The molecule has 0 N–H and O–H groups in total. The Hall–Kier alpha value is -2.07. The van der Waals surface area contributed by atoms with Crippen LogP contribution in [0.25, 0.3) is 0 Å². The first-order chi connectivity index (χ1) is 13.4. The molecule has 1 aliphatic heterocycles. The van der Waals surface area contributed by atoms with Gasteiger partial charge in [-0.2, -0.15) is 10.4 Å². The maximum Gasteiger partial charge on any atom is 0.164 e. The van der Waals surface area contributed by atoms with Gasteiger partial charge in [0, 0.05) is 20.1 Å². The van der Waals surface area contributed by atoms with E-state index in [1.807, 2.05) is 18.6 Å². The summed E-state index contributed by atoms with van der Waals surface area (Å²) >= 11 is 6.33. The number of aromatic nitrogens is 2. The van der Waals surface area contributed by atoms with Gasteiger partial charge in [-0.05, 0) is 19.1 Å². The van der Waals surface area contributed by atoms with Crippen LogP contribution in [0.1, 0.15) is 31.5 Å². The molecule has 2 aromatic rings. The molecular formula is C19H24FN6PS. The number of amidine groups is 1. The monoisotopic (exact) mass is 418 g/mol. The quantitative estimate of drug-likeness (QED) is 0.672. The van der Waals surface area contributed by atoms with Gasteiger partial charge in [0.2, 0.25) is 0 Å². The molecule has 6 nitrogen and oxygen atoms in total. The molecule has 1 aliphatic rings. The minimum Gasteiger partial charge on any atom is -0.316 e. The van der Waals surface area contributed by atoms with E-state index in [4.69, 9.17) is 22.1 Å². The van der Waals surface area contributed by atoms with E-state index in [-0.39, 0.29) is 5.82 Å². The number of nitrogens with zero attached hydrogens (tertiary/aromatic N) is 6. The van der Waals surface area contributed by atoms with Gasteiger partial charge in [-0.3, -0.25) is 4.67 Å². The topological polar surface area (TPSA) is 60.5 Å². The lowest BCUT2D eigenvalue weighted by Gasteiger charge is -2.43. The average molecular weight is 418 g/mol. The molecule has 0 aliphatic carbocycles. The Kier molecular flexibility index (Phi) is 5.99. The second-order valence-electron chi connectivity index (χ2n) is 6.51. The van der Waals surface area contributed by atoms with Gasteiger partial charge >= 0.3 is 0 Å². The number of hydrogen-bond acceptors (Lipinski definition) is 4. The minimum atomic E-state index is -2.46. The molecule has 0 saturated carbocycles. The molecule has 0 unspecified atom stereocenters. The maximum absolute atomic E-state index is 14.6. The number of rotatable bonds is 6. The zero-order valence-electron chi connectivity index (χ0n) is 16.6. The van der Waals surface area contributed by atoms with Crippen molar-refractivity contribution < 1.29 is 4.39 Å². The maximum atomic E-state index is 14.6. The smallest absolute Gasteiger partial charge is 0.164 e. The zero-order valence-corrected chi connectivity index (χ0v) is 18.3. The fourth-order valence-corrected chi connectivity index (χ4v) is 8.19. The molecule has 28 heavy (non-hydrogen) atoms. The molecule has 0 saturated heterocycles. The summed E-state index contributed by atoms with van der Waals surface area (Å²) in [5.74, 6) is 0.829. The predicted molar refractivity (Wildman–Crippen MR) is 114 cm³/mol.